The highest BCUT2D eigenvalue weighted by molar-refractivity contribution is 5.79. The highest BCUT2D eigenvalue weighted by Crippen LogP contribution is 2.37. The second-order valence-electron chi connectivity index (χ2n) is 5.39. The van der Waals surface area contributed by atoms with Gasteiger partial charge in [0.15, 0.2) is 0 Å². The van der Waals surface area contributed by atoms with Crippen molar-refractivity contribution in [2.75, 3.05) is 19.8 Å². The summed E-state index contributed by atoms with van der Waals surface area (Å²) in [6.07, 6.45) is 1.56. The van der Waals surface area contributed by atoms with Crippen molar-refractivity contribution in [2.24, 2.45) is 0 Å². The van der Waals surface area contributed by atoms with Gasteiger partial charge < -0.3 is 24.4 Å². The molecule has 0 bridgehead atoms. The lowest BCUT2D eigenvalue weighted by molar-refractivity contribution is -0.317. The molecule has 0 rings (SSSR count). The van der Waals surface area contributed by atoms with Gasteiger partial charge in [0.05, 0.1) is 0 Å². The van der Waals surface area contributed by atoms with Crippen LogP contribution in [0.4, 0.5) is 0 Å². The van der Waals surface area contributed by atoms with Gasteiger partial charge in [-0.05, 0) is 40.0 Å². The van der Waals surface area contributed by atoms with Crippen LogP contribution in [-0.2, 0) is 23.8 Å². The summed E-state index contributed by atoms with van der Waals surface area (Å²) < 4.78 is 17.0. The highest BCUT2D eigenvalue weighted by Gasteiger charge is 2.57. The fourth-order valence-corrected chi connectivity index (χ4v) is 2.50. The van der Waals surface area contributed by atoms with E-state index < -0.39 is 23.3 Å². The maximum Gasteiger partial charge on any atom is 0.341 e. The third kappa shape index (κ3) is 6.08. The second-order valence-corrected chi connectivity index (χ2v) is 5.39. The molecular formula is C16H30O7. The van der Waals surface area contributed by atoms with E-state index in [4.69, 9.17) is 19.3 Å². The van der Waals surface area contributed by atoms with Crippen molar-refractivity contribution in [1.29, 1.82) is 0 Å². The third-order valence-corrected chi connectivity index (χ3v) is 3.68. The van der Waals surface area contributed by atoms with Gasteiger partial charge in [-0.25, -0.2) is 4.79 Å². The Kier molecular flexibility index (Phi) is 10.0. The number of hydrogen-bond acceptors (Lipinski definition) is 5. The van der Waals surface area contributed by atoms with Crippen molar-refractivity contribution in [3.8, 4) is 0 Å². The molecule has 0 aromatic rings. The predicted molar refractivity (Wildman–Crippen MR) is 84.4 cm³/mol. The molecule has 0 amide bonds. The SMILES string of the molecule is CCCCOC(CCCC(=O)O)(C(=O)O)C(C)(OCC)OCC. The number of carboxylic acid groups (broad SMARTS) is 2. The molecule has 0 aliphatic carbocycles. The lowest BCUT2D eigenvalue weighted by atomic mass is 9.87. The number of ether oxygens (including phenoxy) is 3. The molecule has 0 aliphatic heterocycles. The lowest BCUT2D eigenvalue weighted by Gasteiger charge is -2.44. The van der Waals surface area contributed by atoms with Crippen LogP contribution in [0.5, 0.6) is 0 Å². The predicted octanol–water partition coefficient (Wildman–Crippen LogP) is 2.67. The Hall–Kier alpha value is -1.18. The maximum atomic E-state index is 12.1. The first-order valence-electron chi connectivity index (χ1n) is 8.16. The molecule has 2 N–H and O–H groups in total. The van der Waals surface area contributed by atoms with Crippen LogP contribution < -0.4 is 0 Å². The summed E-state index contributed by atoms with van der Waals surface area (Å²) in [4.78, 5) is 22.8. The van der Waals surface area contributed by atoms with Gasteiger partial charge in [0.25, 0.3) is 0 Å². The minimum atomic E-state index is -1.75. The average molecular weight is 334 g/mol. The Morgan fingerprint density at radius 1 is 0.957 bits per heavy atom. The Bertz CT molecular complexity index is 363. The number of hydrogen-bond donors (Lipinski definition) is 2. The highest BCUT2D eigenvalue weighted by atomic mass is 16.7. The topological polar surface area (TPSA) is 102 Å². The second kappa shape index (κ2) is 10.6. The van der Waals surface area contributed by atoms with Crippen LogP contribution in [0.2, 0.25) is 0 Å². The van der Waals surface area contributed by atoms with Crippen molar-refractivity contribution >= 4 is 11.9 Å². The Balaban J connectivity index is 5.54. The summed E-state index contributed by atoms with van der Waals surface area (Å²) in [6, 6.07) is 0. The van der Waals surface area contributed by atoms with Crippen LogP contribution in [0.25, 0.3) is 0 Å². The van der Waals surface area contributed by atoms with Crippen LogP contribution in [0, 0.1) is 0 Å². The van der Waals surface area contributed by atoms with E-state index in [0.29, 0.717) is 6.42 Å². The number of aliphatic carboxylic acids is 2. The zero-order valence-electron chi connectivity index (χ0n) is 14.6. The Labute approximate surface area is 137 Å². The largest absolute Gasteiger partial charge is 0.481 e. The molecule has 0 aliphatic rings. The third-order valence-electron chi connectivity index (χ3n) is 3.68. The molecule has 1 unspecified atom stereocenters. The van der Waals surface area contributed by atoms with E-state index in [1.165, 1.54) is 0 Å². The van der Waals surface area contributed by atoms with E-state index in [-0.39, 0.29) is 39.1 Å². The molecule has 0 saturated heterocycles. The van der Waals surface area contributed by atoms with Crippen molar-refractivity contribution in [2.45, 2.75) is 71.2 Å². The van der Waals surface area contributed by atoms with E-state index in [9.17, 15) is 14.7 Å². The van der Waals surface area contributed by atoms with Gasteiger partial charge in [0.2, 0.25) is 11.4 Å². The molecule has 23 heavy (non-hydrogen) atoms. The molecule has 136 valence electrons. The van der Waals surface area contributed by atoms with E-state index in [1.807, 2.05) is 6.92 Å². The summed E-state index contributed by atoms with van der Waals surface area (Å²) in [6.45, 7) is 7.75. The van der Waals surface area contributed by atoms with Crippen LogP contribution in [0.3, 0.4) is 0 Å². The van der Waals surface area contributed by atoms with E-state index in [2.05, 4.69) is 0 Å². The zero-order chi connectivity index (χ0) is 17.9. The van der Waals surface area contributed by atoms with Crippen molar-refractivity contribution in [1.82, 2.24) is 0 Å². The number of rotatable bonds is 14. The molecule has 7 nitrogen and oxygen atoms in total. The quantitative estimate of drug-likeness (QED) is 0.372. The first-order valence-corrected chi connectivity index (χ1v) is 8.16. The van der Waals surface area contributed by atoms with Gasteiger partial charge in [0.1, 0.15) is 0 Å². The monoisotopic (exact) mass is 334 g/mol. The molecule has 0 radical (unpaired) electrons. The molecule has 0 heterocycles. The molecule has 0 aromatic heterocycles. The number of carboxylic acids is 2. The Morgan fingerprint density at radius 3 is 1.91 bits per heavy atom. The zero-order valence-corrected chi connectivity index (χ0v) is 14.6. The van der Waals surface area contributed by atoms with Crippen molar-refractivity contribution in [3.05, 3.63) is 0 Å². The lowest BCUT2D eigenvalue weighted by Crippen LogP contribution is -2.62. The molecule has 7 heteroatoms. The van der Waals surface area contributed by atoms with Gasteiger partial charge in [-0.1, -0.05) is 13.3 Å². The summed E-state index contributed by atoms with van der Waals surface area (Å²) >= 11 is 0. The van der Waals surface area contributed by atoms with Crippen molar-refractivity contribution in [3.63, 3.8) is 0 Å². The minimum absolute atomic E-state index is 0.00511. The first kappa shape index (κ1) is 21.8. The molecule has 1 atom stereocenters. The van der Waals surface area contributed by atoms with Crippen molar-refractivity contribution < 1.29 is 34.0 Å². The summed E-state index contributed by atoms with van der Waals surface area (Å²) in [5.74, 6) is -3.68. The van der Waals surface area contributed by atoms with Crippen LogP contribution >= 0.6 is 0 Å². The number of unbranched alkanes of at least 4 members (excludes halogenated alkanes) is 1. The fourth-order valence-electron chi connectivity index (χ4n) is 2.50. The smallest absolute Gasteiger partial charge is 0.341 e. The normalized spacial score (nSPS) is 14.4. The summed E-state index contributed by atoms with van der Waals surface area (Å²) in [7, 11) is 0. The van der Waals surface area contributed by atoms with Gasteiger partial charge in [0, 0.05) is 26.2 Å². The first-order chi connectivity index (χ1) is 10.8. The van der Waals surface area contributed by atoms with Gasteiger partial charge in [-0.15, -0.1) is 0 Å². The molecule has 0 fully saturated rings. The molecule has 0 saturated carbocycles. The van der Waals surface area contributed by atoms with Gasteiger partial charge in [-0.3, -0.25) is 4.79 Å². The standard InChI is InChI=1S/C16H30O7/c1-5-8-12-23-16(14(19)20,11-9-10-13(17)18)15(4,21-6-2)22-7-3/h5-12H2,1-4H3,(H,17,18)(H,19,20). The van der Waals surface area contributed by atoms with Crippen LogP contribution in [0.1, 0.15) is 59.8 Å². The van der Waals surface area contributed by atoms with E-state index >= 15 is 0 Å². The summed E-state index contributed by atoms with van der Waals surface area (Å²) in [5, 5.41) is 18.7. The fraction of sp³-hybridized carbons (Fsp3) is 0.875. The van der Waals surface area contributed by atoms with Crippen LogP contribution in [0.15, 0.2) is 0 Å². The van der Waals surface area contributed by atoms with Gasteiger partial charge >= 0.3 is 11.9 Å². The molecule has 0 spiro atoms. The Morgan fingerprint density at radius 2 is 1.52 bits per heavy atom. The summed E-state index contributed by atoms with van der Waals surface area (Å²) in [5.41, 5.74) is -1.75. The molecule has 0 aromatic carbocycles. The van der Waals surface area contributed by atoms with E-state index in [0.717, 1.165) is 6.42 Å². The molecular weight excluding hydrogens is 304 g/mol. The van der Waals surface area contributed by atoms with Gasteiger partial charge in [-0.2, -0.15) is 0 Å². The maximum absolute atomic E-state index is 12.1. The minimum Gasteiger partial charge on any atom is -0.481 e. The number of carbonyl (C=O) groups is 2. The van der Waals surface area contributed by atoms with Crippen LogP contribution in [-0.4, -0.2) is 53.4 Å². The average Bonchev–Trinajstić information content (AvgIpc) is 2.45. The van der Waals surface area contributed by atoms with E-state index in [1.54, 1.807) is 20.8 Å².